The van der Waals surface area contributed by atoms with Gasteiger partial charge in [-0.3, -0.25) is 4.79 Å². The zero-order valence-electron chi connectivity index (χ0n) is 15.3. The molecule has 4 heteroatoms. The fourth-order valence-corrected chi connectivity index (χ4v) is 3.21. The molecule has 4 nitrogen and oxygen atoms in total. The van der Waals surface area contributed by atoms with Gasteiger partial charge in [0.2, 0.25) is 11.8 Å². The van der Waals surface area contributed by atoms with E-state index >= 15 is 0 Å². The minimum atomic E-state index is -0.0569. The average Bonchev–Trinajstić information content (AvgIpc) is 3.05. The van der Waals surface area contributed by atoms with Crippen LogP contribution in [0.2, 0.25) is 0 Å². The molecule has 0 radical (unpaired) electrons. The molecule has 1 aromatic heterocycles. The van der Waals surface area contributed by atoms with Crippen molar-refractivity contribution in [1.29, 1.82) is 0 Å². The van der Waals surface area contributed by atoms with Gasteiger partial charge < -0.3 is 9.73 Å². The number of rotatable bonds is 4. The number of aryl methyl sites for hydroxylation is 2. The van der Waals surface area contributed by atoms with Gasteiger partial charge in [-0.15, -0.1) is 0 Å². The van der Waals surface area contributed by atoms with E-state index in [0.717, 1.165) is 16.6 Å². The Labute approximate surface area is 157 Å². The van der Waals surface area contributed by atoms with E-state index < -0.39 is 0 Å². The lowest BCUT2D eigenvalue weighted by atomic mass is 10.1. The third kappa shape index (κ3) is 3.90. The molecule has 27 heavy (non-hydrogen) atoms. The first-order valence-electron chi connectivity index (χ1n) is 8.90. The van der Waals surface area contributed by atoms with Crippen LogP contribution in [0.4, 0.5) is 5.69 Å². The van der Waals surface area contributed by atoms with Crippen LogP contribution in [0.15, 0.2) is 71.1 Å². The van der Waals surface area contributed by atoms with Crippen molar-refractivity contribution in [1.82, 2.24) is 4.98 Å². The lowest BCUT2D eigenvalue weighted by Crippen LogP contribution is -2.14. The lowest BCUT2D eigenvalue weighted by molar-refractivity contribution is -0.115. The fraction of sp³-hybridized carbons (Fsp3) is 0.130. The number of nitrogens with one attached hydrogen (secondary N) is 1. The second-order valence-electron chi connectivity index (χ2n) is 6.79. The third-order valence-electron chi connectivity index (χ3n) is 4.35. The summed E-state index contributed by atoms with van der Waals surface area (Å²) in [7, 11) is 0. The molecule has 0 fully saturated rings. The maximum atomic E-state index is 12.3. The molecule has 0 spiro atoms. The molecule has 0 atom stereocenters. The highest BCUT2D eigenvalue weighted by molar-refractivity contribution is 5.94. The molecular weight excluding hydrogens is 336 g/mol. The minimum absolute atomic E-state index is 0.0569. The monoisotopic (exact) mass is 356 g/mol. The first kappa shape index (κ1) is 17.0. The molecule has 1 heterocycles. The Balaban J connectivity index is 1.56. The summed E-state index contributed by atoms with van der Waals surface area (Å²) in [6.45, 7) is 4.11. The lowest BCUT2D eigenvalue weighted by Gasteiger charge is -2.04. The molecule has 0 bridgehead atoms. The van der Waals surface area contributed by atoms with Gasteiger partial charge in [-0.1, -0.05) is 47.5 Å². The normalized spacial score (nSPS) is 10.9. The van der Waals surface area contributed by atoms with E-state index in [1.807, 2.05) is 48.5 Å². The summed E-state index contributed by atoms with van der Waals surface area (Å²) in [6, 6.07) is 21.4. The fourth-order valence-electron chi connectivity index (χ4n) is 3.21. The summed E-state index contributed by atoms with van der Waals surface area (Å²) >= 11 is 0. The zero-order chi connectivity index (χ0) is 18.8. The summed E-state index contributed by atoms with van der Waals surface area (Å²) in [5.74, 6) is 0.531. The van der Waals surface area contributed by atoms with Gasteiger partial charge >= 0.3 is 0 Å². The molecule has 0 aliphatic carbocycles. The van der Waals surface area contributed by atoms with E-state index in [1.165, 1.54) is 11.1 Å². The Morgan fingerprint density at radius 2 is 1.70 bits per heavy atom. The quantitative estimate of drug-likeness (QED) is 0.540. The van der Waals surface area contributed by atoms with E-state index in [2.05, 4.69) is 42.3 Å². The number of carbonyl (C=O) groups is 1. The summed E-state index contributed by atoms with van der Waals surface area (Å²) < 4.78 is 5.90. The van der Waals surface area contributed by atoms with Crippen LogP contribution in [-0.4, -0.2) is 10.9 Å². The second kappa shape index (κ2) is 7.08. The van der Waals surface area contributed by atoms with Crippen LogP contribution in [0.5, 0.6) is 0 Å². The largest absolute Gasteiger partial charge is 0.436 e. The van der Waals surface area contributed by atoms with Crippen LogP contribution in [-0.2, 0) is 11.2 Å². The number of anilines is 1. The van der Waals surface area contributed by atoms with E-state index in [1.54, 1.807) is 0 Å². The molecule has 0 aliphatic heterocycles. The number of nitrogens with zero attached hydrogens (tertiary/aromatic N) is 1. The van der Waals surface area contributed by atoms with E-state index in [0.29, 0.717) is 23.6 Å². The molecule has 4 aromatic rings. The van der Waals surface area contributed by atoms with Gasteiger partial charge in [0, 0.05) is 11.3 Å². The number of fused-ring (bicyclic) bond motifs is 1. The third-order valence-corrected chi connectivity index (χ3v) is 4.35. The maximum absolute atomic E-state index is 12.3. The summed E-state index contributed by atoms with van der Waals surface area (Å²) in [5, 5.41) is 2.93. The van der Waals surface area contributed by atoms with Crippen LogP contribution in [0.1, 0.15) is 16.7 Å². The Hall–Kier alpha value is -3.40. The van der Waals surface area contributed by atoms with Gasteiger partial charge in [0.25, 0.3) is 0 Å². The first-order chi connectivity index (χ1) is 13.1. The van der Waals surface area contributed by atoms with E-state index in [4.69, 9.17) is 4.42 Å². The van der Waals surface area contributed by atoms with E-state index in [-0.39, 0.29) is 5.91 Å². The summed E-state index contributed by atoms with van der Waals surface area (Å²) in [5.41, 5.74) is 6.41. The van der Waals surface area contributed by atoms with E-state index in [9.17, 15) is 4.79 Å². The minimum Gasteiger partial charge on any atom is -0.436 e. The smallest absolute Gasteiger partial charge is 0.228 e. The predicted octanol–water partition coefficient (Wildman–Crippen LogP) is 5.29. The number of aromatic nitrogens is 1. The van der Waals surface area contributed by atoms with Crippen LogP contribution >= 0.6 is 0 Å². The van der Waals surface area contributed by atoms with Crippen LogP contribution in [0.3, 0.4) is 0 Å². The SMILES string of the molecule is Cc1cc(C)cc(-c2nc3cc(NC(=O)Cc4ccccc4)ccc3o2)c1. The molecule has 0 saturated carbocycles. The number of hydrogen-bond acceptors (Lipinski definition) is 3. The van der Waals surface area contributed by atoms with Gasteiger partial charge in [0.05, 0.1) is 6.42 Å². The van der Waals surface area contributed by atoms with Gasteiger partial charge in [0.15, 0.2) is 5.58 Å². The number of hydrogen-bond donors (Lipinski definition) is 1. The predicted molar refractivity (Wildman–Crippen MR) is 108 cm³/mol. The van der Waals surface area contributed by atoms with Crippen LogP contribution < -0.4 is 5.32 Å². The molecule has 0 saturated heterocycles. The highest BCUT2D eigenvalue weighted by atomic mass is 16.3. The van der Waals surface area contributed by atoms with Gasteiger partial charge in [-0.2, -0.15) is 0 Å². The Bertz CT molecular complexity index is 1090. The Morgan fingerprint density at radius 3 is 2.44 bits per heavy atom. The van der Waals surface area contributed by atoms with Crippen LogP contribution in [0.25, 0.3) is 22.6 Å². The Kier molecular flexibility index (Phi) is 4.47. The number of carbonyl (C=O) groups excluding carboxylic acids is 1. The maximum Gasteiger partial charge on any atom is 0.228 e. The molecule has 1 N–H and O–H groups in total. The van der Waals surface area contributed by atoms with Crippen molar-refractivity contribution in [3.05, 3.63) is 83.4 Å². The number of oxazole rings is 1. The number of amides is 1. The topological polar surface area (TPSA) is 55.1 Å². The van der Waals surface area contributed by atoms with Crippen molar-refractivity contribution >= 4 is 22.7 Å². The summed E-state index contributed by atoms with van der Waals surface area (Å²) in [6.07, 6.45) is 0.339. The highest BCUT2D eigenvalue weighted by Gasteiger charge is 2.11. The summed E-state index contributed by atoms with van der Waals surface area (Å²) in [4.78, 5) is 16.9. The van der Waals surface area contributed by atoms with Crippen molar-refractivity contribution in [3.8, 4) is 11.5 Å². The molecule has 4 rings (SSSR count). The van der Waals surface area contributed by atoms with Crippen molar-refractivity contribution in [2.24, 2.45) is 0 Å². The van der Waals surface area contributed by atoms with Crippen molar-refractivity contribution in [3.63, 3.8) is 0 Å². The zero-order valence-corrected chi connectivity index (χ0v) is 15.3. The molecule has 0 aliphatic rings. The van der Waals surface area contributed by atoms with Gasteiger partial charge in [0.1, 0.15) is 5.52 Å². The molecule has 0 unspecified atom stereocenters. The number of benzene rings is 3. The van der Waals surface area contributed by atoms with Crippen molar-refractivity contribution in [2.45, 2.75) is 20.3 Å². The van der Waals surface area contributed by atoms with Crippen LogP contribution in [0, 0.1) is 13.8 Å². The second-order valence-corrected chi connectivity index (χ2v) is 6.79. The molecule has 1 amide bonds. The van der Waals surface area contributed by atoms with Gasteiger partial charge in [-0.25, -0.2) is 4.98 Å². The average molecular weight is 356 g/mol. The highest BCUT2D eigenvalue weighted by Crippen LogP contribution is 2.27. The van der Waals surface area contributed by atoms with Crippen molar-refractivity contribution < 1.29 is 9.21 Å². The molecular formula is C23H20N2O2. The Morgan fingerprint density at radius 1 is 0.963 bits per heavy atom. The molecule has 3 aromatic carbocycles. The first-order valence-corrected chi connectivity index (χ1v) is 8.90. The van der Waals surface area contributed by atoms with Crippen molar-refractivity contribution in [2.75, 3.05) is 5.32 Å². The van der Waals surface area contributed by atoms with Gasteiger partial charge in [-0.05, 0) is 49.7 Å². The molecule has 134 valence electrons. The standard InChI is InChI=1S/C23H20N2O2/c1-15-10-16(2)12-18(11-15)23-25-20-14-19(8-9-21(20)27-23)24-22(26)13-17-6-4-3-5-7-17/h3-12,14H,13H2,1-2H3,(H,24,26).